The number of nitrogens with zero attached hydrogens (tertiary/aromatic N) is 1. The van der Waals surface area contributed by atoms with Crippen LogP contribution in [-0.4, -0.2) is 43.8 Å². The lowest BCUT2D eigenvalue weighted by molar-refractivity contribution is 0.0777. The number of urea groups is 1. The number of anilines is 1. The van der Waals surface area contributed by atoms with Crippen molar-refractivity contribution in [2.24, 2.45) is 5.92 Å². The summed E-state index contributed by atoms with van der Waals surface area (Å²) < 4.78 is 11.0. The van der Waals surface area contributed by atoms with Gasteiger partial charge < -0.3 is 19.7 Å². The highest BCUT2D eigenvalue weighted by molar-refractivity contribution is 5.90. The summed E-state index contributed by atoms with van der Waals surface area (Å²) in [5.41, 5.74) is 1.84. The Bertz CT molecular complexity index is 493. The molecular weight excluding hydrogens is 292 g/mol. The molecule has 128 valence electrons. The number of piperidine rings is 1. The van der Waals surface area contributed by atoms with Crippen LogP contribution >= 0.6 is 0 Å². The third-order valence-electron chi connectivity index (χ3n) is 4.08. The molecule has 1 aromatic rings. The molecule has 0 aliphatic carbocycles. The fourth-order valence-electron chi connectivity index (χ4n) is 2.84. The molecule has 5 nitrogen and oxygen atoms in total. The van der Waals surface area contributed by atoms with E-state index < -0.39 is 0 Å². The molecule has 0 aromatic heterocycles. The van der Waals surface area contributed by atoms with Crippen molar-refractivity contribution in [2.75, 3.05) is 38.2 Å². The second-order valence-corrected chi connectivity index (χ2v) is 5.84. The van der Waals surface area contributed by atoms with E-state index in [-0.39, 0.29) is 6.03 Å². The molecule has 2 rings (SSSR count). The summed E-state index contributed by atoms with van der Waals surface area (Å²) in [5.74, 6) is 0.438. The van der Waals surface area contributed by atoms with E-state index in [0.717, 1.165) is 50.4 Å². The van der Waals surface area contributed by atoms with Crippen LogP contribution in [0.5, 0.6) is 0 Å². The van der Waals surface area contributed by atoms with Crippen molar-refractivity contribution in [3.63, 3.8) is 0 Å². The maximum Gasteiger partial charge on any atom is 0.321 e. The van der Waals surface area contributed by atoms with Crippen molar-refractivity contribution in [1.29, 1.82) is 0 Å². The van der Waals surface area contributed by atoms with Gasteiger partial charge in [0, 0.05) is 43.5 Å². The van der Waals surface area contributed by atoms with Gasteiger partial charge in [0.25, 0.3) is 0 Å². The van der Waals surface area contributed by atoms with Gasteiger partial charge in [-0.05, 0) is 32.8 Å². The van der Waals surface area contributed by atoms with Crippen LogP contribution in [0.2, 0.25) is 0 Å². The molecule has 0 unspecified atom stereocenters. The molecule has 0 bridgehead atoms. The smallest absolute Gasteiger partial charge is 0.321 e. The minimum atomic E-state index is -0.0323. The standard InChI is InChI=1S/C18H28N2O3/c1-3-22-13-15-8-7-11-20(12-15)18(21)19-17-10-6-5-9-16(17)14-23-4-2/h5-6,9-10,15H,3-4,7-8,11-14H2,1-2H3,(H,19,21)/t15-/m0/s1. The van der Waals surface area contributed by atoms with E-state index in [9.17, 15) is 4.79 Å². The van der Waals surface area contributed by atoms with Gasteiger partial charge in [0.05, 0.1) is 13.2 Å². The van der Waals surface area contributed by atoms with Crippen molar-refractivity contribution >= 4 is 11.7 Å². The third kappa shape index (κ3) is 5.52. The van der Waals surface area contributed by atoms with Crippen molar-refractivity contribution in [3.8, 4) is 0 Å². The zero-order chi connectivity index (χ0) is 16.5. The van der Waals surface area contributed by atoms with Crippen molar-refractivity contribution in [2.45, 2.75) is 33.3 Å². The Morgan fingerprint density at radius 3 is 2.83 bits per heavy atom. The molecule has 1 fully saturated rings. The van der Waals surface area contributed by atoms with E-state index in [1.807, 2.05) is 43.0 Å². The minimum Gasteiger partial charge on any atom is -0.381 e. The quantitative estimate of drug-likeness (QED) is 0.836. The largest absolute Gasteiger partial charge is 0.381 e. The summed E-state index contributed by atoms with van der Waals surface area (Å²) >= 11 is 0. The Kier molecular flexibility index (Phi) is 7.36. The molecule has 1 heterocycles. The van der Waals surface area contributed by atoms with E-state index in [4.69, 9.17) is 9.47 Å². The molecule has 0 radical (unpaired) electrons. The number of amides is 2. The van der Waals surface area contributed by atoms with Crippen LogP contribution < -0.4 is 5.32 Å². The number of hydrogen-bond acceptors (Lipinski definition) is 3. The Morgan fingerprint density at radius 1 is 1.26 bits per heavy atom. The molecule has 0 spiro atoms. The molecule has 1 aromatic carbocycles. The minimum absolute atomic E-state index is 0.0323. The van der Waals surface area contributed by atoms with Crippen LogP contribution in [0.15, 0.2) is 24.3 Å². The number of likely N-dealkylation sites (tertiary alicyclic amines) is 1. The van der Waals surface area contributed by atoms with Gasteiger partial charge in [-0.3, -0.25) is 0 Å². The van der Waals surface area contributed by atoms with Gasteiger partial charge in [0.1, 0.15) is 0 Å². The molecule has 1 aliphatic heterocycles. The highest BCUT2D eigenvalue weighted by Gasteiger charge is 2.24. The van der Waals surface area contributed by atoms with Crippen LogP contribution in [0.4, 0.5) is 10.5 Å². The molecule has 5 heteroatoms. The first kappa shape index (κ1) is 17.8. The lowest BCUT2D eigenvalue weighted by atomic mass is 9.99. The molecular formula is C18H28N2O3. The Labute approximate surface area is 139 Å². The predicted molar refractivity (Wildman–Crippen MR) is 91.6 cm³/mol. The highest BCUT2D eigenvalue weighted by atomic mass is 16.5. The summed E-state index contributed by atoms with van der Waals surface area (Å²) in [4.78, 5) is 14.4. The first-order valence-electron chi connectivity index (χ1n) is 8.53. The van der Waals surface area contributed by atoms with Crippen LogP contribution in [0.25, 0.3) is 0 Å². The Hall–Kier alpha value is -1.59. The van der Waals surface area contributed by atoms with Gasteiger partial charge in [-0.15, -0.1) is 0 Å². The third-order valence-corrected chi connectivity index (χ3v) is 4.08. The predicted octanol–water partition coefficient (Wildman–Crippen LogP) is 3.50. The number of rotatable bonds is 7. The van der Waals surface area contributed by atoms with Crippen LogP contribution in [0, 0.1) is 5.92 Å². The van der Waals surface area contributed by atoms with Crippen molar-refractivity contribution in [3.05, 3.63) is 29.8 Å². The Morgan fingerprint density at radius 2 is 2.04 bits per heavy atom. The SMILES string of the molecule is CCOCc1ccccc1NC(=O)N1CCC[C@H](COCC)C1. The lowest BCUT2D eigenvalue weighted by Crippen LogP contribution is -2.43. The molecule has 0 saturated carbocycles. The van der Waals surface area contributed by atoms with Gasteiger partial charge in [-0.1, -0.05) is 18.2 Å². The second-order valence-electron chi connectivity index (χ2n) is 5.84. The number of carbonyl (C=O) groups excluding carboxylic acids is 1. The van der Waals surface area contributed by atoms with Crippen LogP contribution in [0.1, 0.15) is 32.3 Å². The average Bonchev–Trinajstić information content (AvgIpc) is 2.59. The van der Waals surface area contributed by atoms with E-state index in [1.165, 1.54) is 0 Å². The summed E-state index contributed by atoms with van der Waals surface area (Å²) in [7, 11) is 0. The maximum absolute atomic E-state index is 12.5. The summed E-state index contributed by atoms with van der Waals surface area (Å²) in [6.07, 6.45) is 2.16. The van der Waals surface area contributed by atoms with Gasteiger partial charge in [0.15, 0.2) is 0 Å². The highest BCUT2D eigenvalue weighted by Crippen LogP contribution is 2.20. The maximum atomic E-state index is 12.5. The second kappa shape index (κ2) is 9.53. The molecule has 1 aliphatic rings. The van der Waals surface area contributed by atoms with Gasteiger partial charge in [0.2, 0.25) is 0 Å². The molecule has 2 amide bonds. The number of hydrogen-bond donors (Lipinski definition) is 1. The molecule has 1 N–H and O–H groups in total. The summed E-state index contributed by atoms with van der Waals surface area (Å²) in [5, 5.41) is 3.03. The van der Waals surface area contributed by atoms with Gasteiger partial charge in [-0.25, -0.2) is 4.79 Å². The summed E-state index contributed by atoms with van der Waals surface area (Å²) in [6.45, 7) is 8.18. The topological polar surface area (TPSA) is 50.8 Å². The first-order chi connectivity index (χ1) is 11.2. The molecule has 1 atom stereocenters. The van der Waals surface area contributed by atoms with Gasteiger partial charge >= 0.3 is 6.03 Å². The number of para-hydroxylation sites is 1. The molecule has 1 saturated heterocycles. The number of carbonyl (C=O) groups is 1. The van der Waals surface area contributed by atoms with Crippen LogP contribution in [0.3, 0.4) is 0 Å². The normalized spacial score (nSPS) is 18.0. The van der Waals surface area contributed by atoms with Gasteiger partial charge in [-0.2, -0.15) is 0 Å². The number of benzene rings is 1. The van der Waals surface area contributed by atoms with E-state index in [2.05, 4.69) is 5.32 Å². The van der Waals surface area contributed by atoms with E-state index in [1.54, 1.807) is 0 Å². The monoisotopic (exact) mass is 320 g/mol. The lowest BCUT2D eigenvalue weighted by Gasteiger charge is -2.32. The summed E-state index contributed by atoms with van der Waals surface area (Å²) in [6, 6.07) is 7.77. The number of ether oxygens (including phenoxy) is 2. The fraction of sp³-hybridized carbons (Fsp3) is 0.611. The van der Waals surface area contributed by atoms with E-state index in [0.29, 0.717) is 19.1 Å². The fourth-order valence-corrected chi connectivity index (χ4v) is 2.84. The first-order valence-corrected chi connectivity index (χ1v) is 8.53. The van der Waals surface area contributed by atoms with Crippen LogP contribution in [-0.2, 0) is 16.1 Å². The van der Waals surface area contributed by atoms with E-state index >= 15 is 0 Å². The van der Waals surface area contributed by atoms with Crippen molar-refractivity contribution in [1.82, 2.24) is 4.90 Å². The van der Waals surface area contributed by atoms with Crippen molar-refractivity contribution < 1.29 is 14.3 Å². The zero-order valence-corrected chi connectivity index (χ0v) is 14.2. The Balaban J connectivity index is 1.93. The number of nitrogens with one attached hydrogen (secondary N) is 1. The average molecular weight is 320 g/mol. The zero-order valence-electron chi connectivity index (χ0n) is 14.2. The molecule has 23 heavy (non-hydrogen) atoms.